The second-order valence-electron chi connectivity index (χ2n) is 7.55. The summed E-state index contributed by atoms with van der Waals surface area (Å²) in [7, 11) is 0. The van der Waals surface area contributed by atoms with E-state index in [1.165, 1.54) is 12.8 Å². The predicted octanol–water partition coefficient (Wildman–Crippen LogP) is 2.49. The van der Waals surface area contributed by atoms with Crippen molar-refractivity contribution in [2.75, 3.05) is 19.8 Å². The lowest BCUT2D eigenvalue weighted by Crippen LogP contribution is -2.70. The number of carboxylic acids is 1. The number of aromatic carboxylic acids is 1. The van der Waals surface area contributed by atoms with Gasteiger partial charge in [-0.1, -0.05) is 12.1 Å². The van der Waals surface area contributed by atoms with Gasteiger partial charge in [0.25, 0.3) is 0 Å². The van der Waals surface area contributed by atoms with E-state index in [0.29, 0.717) is 18.5 Å². The largest absolute Gasteiger partial charge is 0.478 e. The number of rotatable bonds is 4. The van der Waals surface area contributed by atoms with Crippen molar-refractivity contribution in [3.8, 4) is 0 Å². The van der Waals surface area contributed by atoms with Crippen LogP contribution in [0.4, 0.5) is 4.79 Å². The van der Waals surface area contributed by atoms with E-state index in [2.05, 4.69) is 5.32 Å². The summed E-state index contributed by atoms with van der Waals surface area (Å²) in [6.07, 6.45) is 4.59. The van der Waals surface area contributed by atoms with Crippen molar-refractivity contribution < 1.29 is 19.4 Å². The molecule has 1 unspecified atom stereocenters. The van der Waals surface area contributed by atoms with E-state index in [9.17, 15) is 9.59 Å². The lowest BCUT2D eigenvalue weighted by atomic mass is 9.64. The highest BCUT2D eigenvalue weighted by atomic mass is 16.5. The highest BCUT2D eigenvalue weighted by Crippen LogP contribution is 2.54. The zero-order valence-corrected chi connectivity index (χ0v) is 14.2. The molecule has 1 saturated carbocycles. The number of carbonyl (C=O) groups is 2. The fraction of sp³-hybridized carbons (Fsp3) is 0.579. The molecule has 0 aromatic heterocycles. The van der Waals surface area contributed by atoms with Crippen LogP contribution in [0.25, 0.3) is 0 Å². The number of hydrogen-bond acceptors (Lipinski definition) is 3. The van der Waals surface area contributed by atoms with Crippen LogP contribution in [0, 0.1) is 11.3 Å². The number of benzene rings is 1. The van der Waals surface area contributed by atoms with E-state index in [1.54, 1.807) is 24.3 Å². The Hall–Kier alpha value is -2.08. The van der Waals surface area contributed by atoms with Gasteiger partial charge in [0.05, 0.1) is 5.56 Å². The van der Waals surface area contributed by atoms with Crippen molar-refractivity contribution in [1.82, 2.24) is 10.2 Å². The van der Waals surface area contributed by atoms with Crippen LogP contribution in [0.2, 0.25) is 0 Å². The first-order valence-corrected chi connectivity index (χ1v) is 9.03. The molecule has 1 atom stereocenters. The first kappa shape index (κ1) is 16.4. The Bertz CT molecular complexity index is 663. The summed E-state index contributed by atoms with van der Waals surface area (Å²) in [4.78, 5) is 25.5. The molecule has 0 radical (unpaired) electrons. The van der Waals surface area contributed by atoms with Crippen LogP contribution in [-0.2, 0) is 11.3 Å². The first-order valence-electron chi connectivity index (χ1n) is 9.03. The molecule has 2 aliphatic heterocycles. The SMILES string of the molecule is O=C(O)c1ccc(CNC(=O)N2CC3(CCOCC3)C2C2CC2)cc1. The molecule has 2 heterocycles. The molecule has 3 aliphatic rings. The molecule has 2 amide bonds. The molecule has 3 fully saturated rings. The fourth-order valence-corrected chi connectivity index (χ4v) is 4.39. The Morgan fingerprint density at radius 3 is 2.48 bits per heavy atom. The molecule has 0 bridgehead atoms. The van der Waals surface area contributed by atoms with E-state index >= 15 is 0 Å². The molecule has 2 saturated heterocycles. The lowest BCUT2D eigenvalue weighted by molar-refractivity contribution is -0.117. The molecule has 1 aliphatic carbocycles. The second-order valence-corrected chi connectivity index (χ2v) is 7.55. The summed E-state index contributed by atoms with van der Waals surface area (Å²) in [5.41, 5.74) is 1.44. The van der Waals surface area contributed by atoms with E-state index in [1.807, 2.05) is 4.90 Å². The maximum Gasteiger partial charge on any atom is 0.335 e. The molecule has 1 spiro atoms. The molecule has 1 aromatic rings. The average molecular weight is 344 g/mol. The van der Waals surface area contributed by atoms with Crippen molar-refractivity contribution in [3.05, 3.63) is 35.4 Å². The van der Waals surface area contributed by atoms with Crippen molar-refractivity contribution in [1.29, 1.82) is 0 Å². The summed E-state index contributed by atoms with van der Waals surface area (Å²) in [6, 6.07) is 6.99. The number of likely N-dealkylation sites (tertiary alicyclic amines) is 1. The highest BCUT2D eigenvalue weighted by Gasteiger charge is 2.59. The van der Waals surface area contributed by atoms with Crippen LogP contribution in [0.1, 0.15) is 41.6 Å². The van der Waals surface area contributed by atoms with Crippen LogP contribution in [0.15, 0.2) is 24.3 Å². The van der Waals surface area contributed by atoms with Crippen LogP contribution < -0.4 is 5.32 Å². The summed E-state index contributed by atoms with van der Waals surface area (Å²) in [5.74, 6) is -0.280. The van der Waals surface area contributed by atoms with Crippen LogP contribution in [-0.4, -0.2) is 47.8 Å². The summed E-state index contributed by atoms with van der Waals surface area (Å²) < 4.78 is 5.52. The van der Waals surface area contributed by atoms with E-state index in [4.69, 9.17) is 9.84 Å². The molecule has 6 nitrogen and oxygen atoms in total. The summed E-state index contributed by atoms with van der Waals surface area (Å²) >= 11 is 0. The number of carboxylic acid groups (broad SMARTS) is 1. The number of amides is 2. The Morgan fingerprint density at radius 1 is 1.20 bits per heavy atom. The van der Waals surface area contributed by atoms with Gasteiger partial charge in [-0.2, -0.15) is 0 Å². The molecule has 2 N–H and O–H groups in total. The predicted molar refractivity (Wildman–Crippen MR) is 91.3 cm³/mol. The lowest BCUT2D eigenvalue weighted by Gasteiger charge is -2.59. The number of urea groups is 1. The quantitative estimate of drug-likeness (QED) is 0.879. The minimum Gasteiger partial charge on any atom is -0.478 e. The number of nitrogens with zero attached hydrogens (tertiary/aromatic N) is 1. The monoisotopic (exact) mass is 344 g/mol. The van der Waals surface area contributed by atoms with Gasteiger partial charge in [0.2, 0.25) is 0 Å². The van der Waals surface area contributed by atoms with E-state index < -0.39 is 5.97 Å². The van der Waals surface area contributed by atoms with Crippen LogP contribution >= 0.6 is 0 Å². The minimum atomic E-state index is -0.940. The summed E-state index contributed by atoms with van der Waals surface area (Å²) in [6.45, 7) is 2.88. The van der Waals surface area contributed by atoms with Crippen LogP contribution in [0.3, 0.4) is 0 Å². The van der Waals surface area contributed by atoms with Gasteiger partial charge in [-0.15, -0.1) is 0 Å². The first-order chi connectivity index (χ1) is 12.1. The average Bonchev–Trinajstić information content (AvgIpc) is 3.43. The number of carbonyl (C=O) groups excluding carboxylic acids is 1. The highest BCUT2D eigenvalue weighted by molar-refractivity contribution is 5.87. The van der Waals surface area contributed by atoms with Crippen molar-refractivity contribution in [2.45, 2.75) is 38.3 Å². The smallest absolute Gasteiger partial charge is 0.335 e. The number of ether oxygens (including phenoxy) is 1. The third-order valence-electron chi connectivity index (χ3n) is 5.91. The van der Waals surface area contributed by atoms with Gasteiger partial charge in [-0.25, -0.2) is 9.59 Å². The molecule has 25 heavy (non-hydrogen) atoms. The molecule has 1 aromatic carbocycles. The van der Waals surface area contributed by atoms with Crippen LogP contribution in [0.5, 0.6) is 0 Å². The topological polar surface area (TPSA) is 78.9 Å². The van der Waals surface area contributed by atoms with Gasteiger partial charge < -0.3 is 20.1 Å². The van der Waals surface area contributed by atoms with Gasteiger partial charge in [0, 0.05) is 37.8 Å². The number of nitrogens with one attached hydrogen (secondary N) is 1. The maximum absolute atomic E-state index is 12.6. The third kappa shape index (κ3) is 3.11. The van der Waals surface area contributed by atoms with Crippen molar-refractivity contribution in [3.63, 3.8) is 0 Å². The molecule has 134 valence electrons. The summed E-state index contributed by atoms with van der Waals surface area (Å²) in [5, 5.41) is 11.9. The third-order valence-corrected chi connectivity index (χ3v) is 5.91. The van der Waals surface area contributed by atoms with Crippen molar-refractivity contribution >= 4 is 12.0 Å². The van der Waals surface area contributed by atoms with Gasteiger partial charge >= 0.3 is 12.0 Å². The Labute approximate surface area is 147 Å². The second kappa shape index (κ2) is 6.33. The van der Waals surface area contributed by atoms with Gasteiger partial charge in [-0.05, 0) is 49.3 Å². The zero-order valence-electron chi connectivity index (χ0n) is 14.2. The minimum absolute atomic E-state index is 0.00340. The van der Waals surface area contributed by atoms with E-state index in [0.717, 1.165) is 38.2 Å². The van der Waals surface area contributed by atoms with Crippen molar-refractivity contribution in [2.24, 2.45) is 11.3 Å². The Morgan fingerprint density at radius 2 is 1.88 bits per heavy atom. The Kier molecular flexibility index (Phi) is 4.15. The molecule has 6 heteroatoms. The van der Waals surface area contributed by atoms with Gasteiger partial charge in [-0.3, -0.25) is 0 Å². The standard InChI is InChI=1S/C19H24N2O4/c22-17(23)15-3-1-13(2-4-15)11-20-18(24)21-12-19(7-9-25-10-8-19)16(21)14-5-6-14/h1-4,14,16H,5-12H2,(H,20,24)(H,22,23). The van der Waals surface area contributed by atoms with E-state index in [-0.39, 0.29) is 17.0 Å². The normalized spacial score (nSPS) is 24.6. The molecular formula is C19H24N2O4. The molecule has 4 rings (SSSR count). The number of hydrogen-bond donors (Lipinski definition) is 2. The molecular weight excluding hydrogens is 320 g/mol. The fourth-order valence-electron chi connectivity index (χ4n) is 4.39. The zero-order chi connectivity index (χ0) is 17.4. The van der Waals surface area contributed by atoms with Gasteiger partial charge in [0.15, 0.2) is 0 Å². The van der Waals surface area contributed by atoms with Gasteiger partial charge in [0.1, 0.15) is 0 Å². The Balaban J connectivity index is 1.35. The maximum atomic E-state index is 12.6.